The third kappa shape index (κ3) is 2.82. The summed E-state index contributed by atoms with van der Waals surface area (Å²) in [6, 6.07) is 11.2. The number of ether oxygens (including phenoxy) is 1. The lowest BCUT2D eigenvalue weighted by atomic mass is 9.94. The molecular weight excluding hydrogens is 318 g/mol. The molecule has 1 aromatic heterocycles. The van der Waals surface area contributed by atoms with Crippen molar-refractivity contribution >= 4 is 11.7 Å². The molecule has 2 amide bonds. The number of hydrogen-bond acceptors (Lipinski definition) is 3. The Hall–Kier alpha value is -2.60. The summed E-state index contributed by atoms with van der Waals surface area (Å²) in [6.45, 7) is 1.62. The molecule has 0 radical (unpaired) electrons. The van der Waals surface area contributed by atoms with Crippen molar-refractivity contribution in [3.05, 3.63) is 64.1 Å². The van der Waals surface area contributed by atoms with Crippen LogP contribution in [0.3, 0.4) is 0 Å². The van der Waals surface area contributed by atoms with E-state index in [1.165, 1.54) is 21.8 Å². The molecule has 25 heavy (non-hydrogen) atoms. The Morgan fingerprint density at radius 2 is 2.08 bits per heavy atom. The van der Waals surface area contributed by atoms with Crippen molar-refractivity contribution in [2.75, 3.05) is 25.0 Å². The van der Waals surface area contributed by atoms with E-state index < -0.39 is 5.60 Å². The lowest BCUT2D eigenvalue weighted by Gasteiger charge is -2.41. The third-order valence-corrected chi connectivity index (χ3v) is 5.12. The van der Waals surface area contributed by atoms with E-state index in [0.717, 1.165) is 12.8 Å². The lowest BCUT2D eigenvalue weighted by molar-refractivity contribution is -0.100. The van der Waals surface area contributed by atoms with Gasteiger partial charge in [0, 0.05) is 25.9 Å². The Balaban J connectivity index is 1.52. The van der Waals surface area contributed by atoms with Gasteiger partial charge in [-0.25, -0.2) is 4.79 Å². The van der Waals surface area contributed by atoms with Crippen LogP contribution in [0.4, 0.5) is 10.5 Å². The van der Waals surface area contributed by atoms with Crippen molar-refractivity contribution in [1.29, 1.82) is 0 Å². The van der Waals surface area contributed by atoms with Crippen LogP contribution in [0.2, 0.25) is 0 Å². The van der Waals surface area contributed by atoms with E-state index in [4.69, 9.17) is 4.74 Å². The molecule has 1 spiro atoms. The monoisotopic (exact) mass is 339 g/mol. The van der Waals surface area contributed by atoms with Crippen molar-refractivity contribution in [1.82, 2.24) is 9.47 Å². The van der Waals surface area contributed by atoms with Crippen LogP contribution >= 0.6 is 0 Å². The van der Waals surface area contributed by atoms with Gasteiger partial charge < -0.3 is 19.5 Å². The zero-order valence-electron chi connectivity index (χ0n) is 14.2. The number of carbonyl (C=O) groups excluding carboxylic acids is 1. The van der Waals surface area contributed by atoms with Crippen molar-refractivity contribution in [2.45, 2.75) is 18.4 Å². The first-order valence-electron chi connectivity index (χ1n) is 8.52. The summed E-state index contributed by atoms with van der Waals surface area (Å²) in [5, 5.41) is 2.88. The fourth-order valence-electron chi connectivity index (χ4n) is 3.80. The maximum atomic E-state index is 12.7. The molecule has 4 rings (SSSR count). The quantitative estimate of drug-likeness (QED) is 0.865. The number of anilines is 1. The van der Waals surface area contributed by atoms with Gasteiger partial charge in [0.1, 0.15) is 5.60 Å². The van der Waals surface area contributed by atoms with Crippen LogP contribution in [0.5, 0.6) is 0 Å². The second-order valence-electron chi connectivity index (χ2n) is 6.72. The number of fused-ring (bicyclic) bond motifs is 2. The van der Waals surface area contributed by atoms with Gasteiger partial charge in [-0.2, -0.15) is 0 Å². The van der Waals surface area contributed by atoms with Crippen LogP contribution in [0.1, 0.15) is 17.5 Å². The van der Waals surface area contributed by atoms with Crippen LogP contribution in [0, 0.1) is 0 Å². The SMILES string of the molecule is Cn1cc(NC(=O)N2CCO[C@]3(CCc4ccccc43)C2)ccc1=O. The van der Waals surface area contributed by atoms with E-state index in [0.29, 0.717) is 25.4 Å². The Morgan fingerprint density at radius 3 is 2.92 bits per heavy atom. The number of pyridine rings is 1. The molecule has 1 aliphatic carbocycles. The zero-order chi connectivity index (χ0) is 17.4. The fraction of sp³-hybridized carbons (Fsp3) is 0.368. The number of benzene rings is 1. The standard InChI is InChI=1S/C19H21N3O3/c1-21-12-15(6-7-17(21)23)20-18(24)22-10-11-25-19(13-22)9-8-14-4-2-3-5-16(14)19/h2-7,12H,8-11,13H2,1H3,(H,20,24)/t19-/m1/s1. The second-order valence-corrected chi connectivity index (χ2v) is 6.72. The minimum Gasteiger partial charge on any atom is -0.367 e. The molecule has 0 unspecified atom stereocenters. The number of morpholine rings is 1. The molecule has 6 nitrogen and oxygen atoms in total. The molecule has 2 aromatic rings. The van der Waals surface area contributed by atoms with Gasteiger partial charge >= 0.3 is 6.03 Å². The number of carbonyl (C=O) groups is 1. The second kappa shape index (κ2) is 6.04. The van der Waals surface area contributed by atoms with Crippen LogP contribution in [-0.2, 0) is 23.8 Å². The largest absolute Gasteiger partial charge is 0.367 e. The van der Waals surface area contributed by atoms with Gasteiger partial charge in [0.15, 0.2) is 0 Å². The fourth-order valence-corrected chi connectivity index (χ4v) is 3.80. The highest BCUT2D eigenvalue weighted by molar-refractivity contribution is 5.89. The third-order valence-electron chi connectivity index (χ3n) is 5.12. The average molecular weight is 339 g/mol. The number of aromatic nitrogens is 1. The lowest BCUT2D eigenvalue weighted by Crippen LogP contribution is -2.52. The smallest absolute Gasteiger partial charge is 0.322 e. The van der Waals surface area contributed by atoms with E-state index >= 15 is 0 Å². The molecule has 1 N–H and O–H groups in total. The van der Waals surface area contributed by atoms with Gasteiger partial charge in [-0.1, -0.05) is 24.3 Å². The molecule has 2 aliphatic rings. The summed E-state index contributed by atoms with van der Waals surface area (Å²) in [5.41, 5.74) is 2.62. The first kappa shape index (κ1) is 15.9. The molecule has 0 saturated carbocycles. The summed E-state index contributed by atoms with van der Waals surface area (Å²) in [6.07, 6.45) is 3.50. The molecular formula is C19H21N3O3. The Labute approximate surface area is 146 Å². The molecule has 1 fully saturated rings. The summed E-state index contributed by atoms with van der Waals surface area (Å²) >= 11 is 0. The molecule has 130 valence electrons. The highest BCUT2D eigenvalue weighted by Gasteiger charge is 2.44. The predicted octanol–water partition coefficient (Wildman–Crippen LogP) is 2.09. The van der Waals surface area contributed by atoms with Crippen LogP contribution in [0.25, 0.3) is 0 Å². The highest BCUT2D eigenvalue weighted by atomic mass is 16.5. The van der Waals surface area contributed by atoms with Crippen molar-refractivity contribution in [3.8, 4) is 0 Å². The topological polar surface area (TPSA) is 63.6 Å². The number of nitrogens with zero attached hydrogens (tertiary/aromatic N) is 2. The van der Waals surface area contributed by atoms with Gasteiger partial charge in [0.2, 0.25) is 5.56 Å². The van der Waals surface area contributed by atoms with Gasteiger partial charge in [0.25, 0.3) is 0 Å². The average Bonchev–Trinajstić information content (AvgIpc) is 2.97. The molecule has 6 heteroatoms. The van der Waals surface area contributed by atoms with Gasteiger partial charge in [0.05, 0.1) is 18.8 Å². The Morgan fingerprint density at radius 1 is 1.24 bits per heavy atom. The highest BCUT2D eigenvalue weighted by Crippen LogP contribution is 2.42. The number of amides is 2. The van der Waals surface area contributed by atoms with Gasteiger partial charge in [-0.15, -0.1) is 0 Å². The van der Waals surface area contributed by atoms with E-state index in [1.54, 1.807) is 24.2 Å². The van der Waals surface area contributed by atoms with E-state index in [9.17, 15) is 9.59 Å². The van der Waals surface area contributed by atoms with E-state index in [-0.39, 0.29) is 11.6 Å². The van der Waals surface area contributed by atoms with Crippen molar-refractivity contribution in [2.24, 2.45) is 7.05 Å². The maximum Gasteiger partial charge on any atom is 0.322 e. The minimum absolute atomic E-state index is 0.106. The molecule has 2 heterocycles. The molecule has 1 saturated heterocycles. The number of nitrogens with one attached hydrogen (secondary N) is 1. The van der Waals surface area contributed by atoms with Crippen LogP contribution < -0.4 is 10.9 Å². The molecule has 0 bridgehead atoms. The summed E-state index contributed by atoms with van der Waals surface area (Å²) in [4.78, 5) is 26.0. The van der Waals surface area contributed by atoms with Crippen molar-refractivity contribution < 1.29 is 9.53 Å². The molecule has 1 aromatic carbocycles. The van der Waals surface area contributed by atoms with Crippen LogP contribution in [-0.4, -0.2) is 35.2 Å². The predicted molar refractivity (Wildman–Crippen MR) is 94.7 cm³/mol. The molecule has 1 atom stereocenters. The van der Waals surface area contributed by atoms with Gasteiger partial charge in [-0.05, 0) is 30.0 Å². The summed E-state index contributed by atoms with van der Waals surface area (Å²) < 4.78 is 7.60. The zero-order valence-corrected chi connectivity index (χ0v) is 14.2. The first-order valence-corrected chi connectivity index (χ1v) is 8.52. The van der Waals surface area contributed by atoms with Crippen LogP contribution in [0.15, 0.2) is 47.4 Å². The Bertz CT molecular complexity index is 872. The first-order chi connectivity index (χ1) is 12.1. The normalized spacial score (nSPS) is 22.0. The number of hydrogen-bond donors (Lipinski definition) is 1. The number of aryl methyl sites for hydroxylation is 2. The molecule has 1 aliphatic heterocycles. The summed E-state index contributed by atoms with van der Waals surface area (Å²) in [7, 11) is 1.66. The minimum atomic E-state index is -0.393. The van der Waals surface area contributed by atoms with E-state index in [1.807, 2.05) is 12.1 Å². The summed E-state index contributed by atoms with van der Waals surface area (Å²) in [5.74, 6) is 0. The van der Waals surface area contributed by atoms with Gasteiger partial charge in [-0.3, -0.25) is 4.79 Å². The number of rotatable bonds is 1. The van der Waals surface area contributed by atoms with Crippen molar-refractivity contribution in [3.63, 3.8) is 0 Å². The van der Waals surface area contributed by atoms with E-state index in [2.05, 4.69) is 17.4 Å². The Kier molecular flexibility index (Phi) is 3.84. The maximum absolute atomic E-state index is 12.7. The number of urea groups is 1.